The summed E-state index contributed by atoms with van der Waals surface area (Å²) in [5.41, 5.74) is 2.41. The summed E-state index contributed by atoms with van der Waals surface area (Å²) in [6, 6.07) is 16.9. The first-order valence-corrected chi connectivity index (χ1v) is 9.37. The molecular weight excluding hydrogens is 318 g/mol. The molecule has 0 atom stereocenters. The minimum Gasteiger partial charge on any atom is -0.489 e. The molecule has 0 spiro atoms. The first kappa shape index (κ1) is 17.3. The number of hydrogen-bond acceptors (Lipinski definition) is 2. The van der Waals surface area contributed by atoms with Crippen molar-refractivity contribution in [3.8, 4) is 5.75 Å². The second kappa shape index (κ2) is 9.10. The van der Waals surface area contributed by atoms with E-state index in [4.69, 9.17) is 16.3 Å². The van der Waals surface area contributed by atoms with E-state index in [1.165, 1.54) is 44.1 Å². The lowest BCUT2D eigenvalue weighted by molar-refractivity contribution is 0.305. The number of ether oxygens (including phenoxy) is 1. The van der Waals surface area contributed by atoms with E-state index in [2.05, 4.69) is 23.5 Å². The molecule has 0 bridgehead atoms. The molecule has 0 unspecified atom stereocenters. The molecule has 1 fully saturated rings. The van der Waals surface area contributed by atoms with Crippen LogP contribution >= 0.6 is 11.6 Å². The van der Waals surface area contributed by atoms with Crippen LogP contribution in [0.4, 0.5) is 0 Å². The third-order valence-electron chi connectivity index (χ3n) is 4.67. The maximum Gasteiger partial charge on any atom is 0.120 e. The van der Waals surface area contributed by atoms with Gasteiger partial charge in [0.1, 0.15) is 12.4 Å². The second-order valence-electron chi connectivity index (χ2n) is 6.63. The van der Waals surface area contributed by atoms with Crippen LogP contribution in [-0.2, 0) is 13.2 Å². The summed E-state index contributed by atoms with van der Waals surface area (Å²) in [5.74, 6) is 0.921. The Morgan fingerprint density at radius 3 is 2.42 bits per heavy atom. The predicted octanol–water partition coefficient (Wildman–Crippen LogP) is 5.73. The van der Waals surface area contributed by atoms with Crippen LogP contribution in [0.1, 0.15) is 49.7 Å². The lowest BCUT2D eigenvalue weighted by Gasteiger charge is -2.16. The predicted molar refractivity (Wildman–Crippen MR) is 101 cm³/mol. The van der Waals surface area contributed by atoms with Gasteiger partial charge in [-0.1, -0.05) is 61.5 Å². The molecule has 0 radical (unpaired) electrons. The molecule has 3 heteroatoms. The maximum absolute atomic E-state index is 5.91. The summed E-state index contributed by atoms with van der Waals surface area (Å²) in [6.07, 6.45) is 8.14. The fourth-order valence-electron chi connectivity index (χ4n) is 3.24. The van der Waals surface area contributed by atoms with Gasteiger partial charge in [0.05, 0.1) is 0 Å². The van der Waals surface area contributed by atoms with Gasteiger partial charge in [-0.3, -0.25) is 0 Å². The highest BCUT2D eigenvalue weighted by molar-refractivity contribution is 6.30. The molecule has 2 aromatic carbocycles. The SMILES string of the molecule is Clc1ccc(COc2cccc(CNC3CCCCCC3)c2)cc1. The molecule has 0 amide bonds. The Kier molecular flexibility index (Phi) is 6.57. The topological polar surface area (TPSA) is 21.3 Å². The minimum absolute atomic E-state index is 0.566. The van der Waals surface area contributed by atoms with Crippen molar-refractivity contribution < 1.29 is 4.74 Å². The van der Waals surface area contributed by atoms with E-state index >= 15 is 0 Å². The fraction of sp³-hybridized carbons (Fsp3) is 0.429. The Morgan fingerprint density at radius 2 is 1.67 bits per heavy atom. The van der Waals surface area contributed by atoms with Gasteiger partial charge >= 0.3 is 0 Å². The fourth-order valence-corrected chi connectivity index (χ4v) is 3.36. The van der Waals surface area contributed by atoms with Crippen molar-refractivity contribution in [1.82, 2.24) is 5.32 Å². The van der Waals surface area contributed by atoms with Crippen molar-refractivity contribution in [2.24, 2.45) is 0 Å². The lowest BCUT2D eigenvalue weighted by Crippen LogP contribution is -2.27. The number of rotatable bonds is 6. The summed E-state index contributed by atoms with van der Waals surface area (Å²) < 4.78 is 5.91. The van der Waals surface area contributed by atoms with E-state index in [-0.39, 0.29) is 0 Å². The summed E-state index contributed by atoms with van der Waals surface area (Å²) >= 11 is 5.91. The number of nitrogens with one attached hydrogen (secondary N) is 1. The Bertz CT molecular complexity index is 618. The van der Waals surface area contributed by atoms with E-state index in [0.717, 1.165) is 22.9 Å². The van der Waals surface area contributed by atoms with Gasteiger partial charge in [-0.25, -0.2) is 0 Å². The van der Waals surface area contributed by atoms with Crippen LogP contribution in [0.2, 0.25) is 5.02 Å². The maximum atomic E-state index is 5.91. The van der Waals surface area contributed by atoms with Crippen molar-refractivity contribution in [2.45, 2.75) is 57.7 Å². The molecule has 2 aromatic rings. The van der Waals surface area contributed by atoms with Crippen molar-refractivity contribution in [3.05, 3.63) is 64.7 Å². The molecule has 0 heterocycles. The highest BCUT2D eigenvalue weighted by Crippen LogP contribution is 2.19. The molecule has 128 valence electrons. The molecule has 2 nitrogen and oxygen atoms in total. The van der Waals surface area contributed by atoms with Crippen LogP contribution in [-0.4, -0.2) is 6.04 Å². The molecule has 24 heavy (non-hydrogen) atoms. The highest BCUT2D eigenvalue weighted by atomic mass is 35.5. The molecule has 1 aliphatic carbocycles. The van der Waals surface area contributed by atoms with E-state index in [9.17, 15) is 0 Å². The molecule has 0 aliphatic heterocycles. The first-order valence-electron chi connectivity index (χ1n) is 8.99. The largest absolute Gasteiger partial charge is 0.489 e. The Hall–Kier alpha value is -1.51. The van der Waals surface area contributed by atoms with Crippen LogP contribution in [0.3, 0.4) is 0 Å². The van der Waals surface area contributed by atoms with Crippen molar-refractivity contribution in [3.63, 3.8) is 0 Å². The van der Waals surface area contributed by atoms with Crippen molar-refractivity contribution >= 4 is 11.6 Å². The third-order valence-corrected chi connectivity index (χ3v) is 4.92. The van der Waals surface area contributed by atoms with E-state index in [1.54, 1.807) is 0 Å². The van der Waals surface area contributed by atoms with Gasteiger partial charge in [0.25, 0.3) is 0 Å². The van der Waals surface area contributed by atoms with Crippen LogP contribution in [0.25, 0.3) is 0 Å². The smallest absolute Gasteiger partial charge is 0.120 e. The van der Waals surface area contributed by atoms with E-state index in [1.807, 2.05) is 30.3 Å². The van der Waals surface area contributed by atoms with Gasteiger partial charge < -0.3 is 10.1 Å². The van der Waals surface area contributed by atoms with Gasteiger partial charge in [0, 0.05) is 17.6 Å². The molecule has 1 saturated carbocycles. The average molecular weight is 344 g/mol. The summed E-state index contributed by atoms with van der Waals surface area (Å²) in [6.45, 7) is 1.49. The first-order chi connectivity index (χ1) is 11.8. The van der Waals surface area contributed by atoms with Crippen molar-refractivity contribution in [1.29, 1.82) is 0 Å². The van der Waals surface area contributed by atoms with Gasteiger partial charge in [-0.2, -0.15) is 0 Å². The minimum atomic E-state index is 0.566. The van der Waals surface area contributed by atoms with Gasteiger partial charge in [0.15, 0.2) is 0 Å². The molecule has 1 aliphatic rings. The standard InChI is InChI=1S/C21H26ClNO/c22-19-12-10-17(11-13-19)16-24-21-9-5-6-18(14-21)15-23-20-7-3-1-2-4-8-20/h5-6,9-14,20,23H,1-4,7-8,15-16H2. The summed E-state index contributed by atoms with van der Waals surface area (Å²) in [7, 11) is 0. The Labute approximate surface area is 150 Å². The number of benzene rings is 2. The summed E-state index contributed by atoms with van der Waals surface area (Å²) in [4.78, 5) is 0. The van der Waals surface area contributed by atoms with E-state index < -0.39 is 0 Å². The second-order valence-corrected chi connectivity index (χ2v) is 7.07. The van der Waals surface area contributed by atoms with Gasteiger partial charge in [-0.05, 0) is 48.2 Å². The monoisotopic (exact) mass is 343 g/mol. The summed E-state index contributed by atoms with van der Waals surface area (Å²) in [5, 5.41) is 4.47. The Morgan fingerprint density at radius 1 is 0.917 bits per heavy atom. The van der Waals surface area contributed by atoms with Gasteiger partial charge in [0.2, 0.25) is 0 Å². The van der Waals surface area contributed by atoms with Gasteiger partial charge in [-0.15, -0.1) is 0 Å². The quantitative estimate of drug-likeness (QED) is 0.676. The highest BCUT2D eigenvalue weighted by Gasteiger charge is 2.11. The van der Waals surface area contributed by atoms with E-state index in [0.29, 0.717) is 12.6 Å². The molecule has 0 saturated heterocycles. The Balaban J connectivity index is 1.50. The normalized spacial score (nSPS) is 15.9. The lowest BCUT2D eigenvalue weighted by atomic mass is 10.1. The number of hydrogen-bond donors (Lipinski definition) is 1. The average Bonchev–Trinajstić information content (AvgIpc) is 2.89. The zero-order chi connectivity index (χ0) is 16.6. The molecule has 0 aromatic heterocycles. The van der Waals surface area contributed by atoms with Crippen LogP contribution in [0.5, 0.6) is 5.75 Å². The van der Waals surface area contributed by atoms with Crippen LogP contribution in [0.15, 0.2) is 48.5 Å². The van der Waals surface area contributed by atoms with Crippen LogP contribution in [0, 0.1) is 0 Å². The molecular formula is C21H26ClNO. The molecule has 3 rings (SSSR count). The zero-order valence-corrected chi connectivity index (χ0v) is 14.9. The third kappa shape index (κ3) is 5.54. The van der Waals surface area contributed by atoms with Crippen molar-refractivity contribution in [2.75, 3.05) is 0 Å². The number of halogens is 1. The zero-order valence-electron chi connectivity index (χ0n) is 14.1. The van der Waals surface area contributed by atoms with Crippen LogP contribution < -0.4 is 10.1 Å². The molecule has 1 N–H and O–H groups in total.